The highest BCUT2D eigenvalue weighted by Gasteiger charge is 2.28. The zero-order valence-electron chi connectivity index (χ0n) is 18.5. The third-order valence-corrected chi connectivity index (χ3v) is 9.28. The van der Waals surface area contributed by atoms with Crippen molar-refractivity contribution in [1.29, 1.82) is 0 Å². The molecule has 0 aliphatic carbocycles. The summed E-state index contributed by atoms with van der Waals surface area (Å²) < 4.78 is 29.1. The Hall–Kier alpha value is -2.49. The number of para-hydroxylation sites is 1. The number of carbonyl (C=O) groups is 1. The first-order valence-electron chi connectivity index (χ1n) is 11.5. The van der Waals surface area contributed by atoms with E-state index in [4.69, 9.17) is 0 Å². The van der Waals surface area contributed by atoms with Gasteiger partial charge in [0.25, 0.3) is 5.91 Å². The van der Waals surface area contributed by atoms with Crippen LogP contribution in [0.5, 0.6) is 0 Å². The van der Waals surface area contributed by atoms with Crippen LogP contribution in [-0.4, -0.2) is 49.8 Å². The Morgan fingerprint density at radius 1 is 0.970 bits per heavy atom. The van der Waals surface area contributed by atoms with Crippen molar-refractivity contribution in [2.45, 2.75) is 43.5 Å². The van der Waals surface area contributed by atoms with E-state index in [1.54, 1.807) is 33.8 Å². The van der Waals surface area contributed by atoms with Crippen molar-refractivity contribution in [1.82, 2.24) is 14.6 Å². The molecule has 2 fully saturated rings. The number of benzene rings is 2. The van der Waals surface area contributed by atoms with Crippen LogP contribution in [0.3, 0.4) is 0 Å². The number of amides is 1. The standard InChI is InChI=1S/C24H28N4O3S2/c29-24(25-17-23-26-20-8-2-3-9-22(20)32-23)19-16-18(10-11-21(19)27-12-6-7-13-27)33(30,31)28-14-4-1-5-15-28/h2-3,8-11,16H,1,4-7,12-15,17H2,(H,25,29). The Labute approximate surface area is 198 Å². The van der Waals surface area contributed by atoms with Crippen molar-refractivity contribution >= 4 is 43.2 Å². The van der Waals surface area contributed by atoms with Gasteiger partial charge in [-0.05, 0) is 56.0 Å². The van der Waals surface area contributed by atoms with Crippen LogP contribution in [0.25, 0.3) is 10.2 Å². The molecule has 0 unspecified atom stereocenters. The van der Waals surface area contributed by atoms with Gasteiger partial charge in [-0.3, -0.25) is 4.79 Å². The highest BCUT2D eigenvalue weighted by Crippen LogP contribution is 2.30. The van der Waals surface area contributed by atoms with Crippen molar-refractivity contribution in [3.8, 4) is 0 Å². The average molecular weight is 485 g/mol. The van der Waals surface area contributed by atoms with Crippen LogP contribution in [0.15, 0.2) is 47.4 Å². The third-order valence-electron chi connectivity index (χ3n) is 6.35. The highest BCUT2D eigenvalue weighted by atomic mass is 32.2. The molecule has 0 atom stereocenters. The van der Waals surface area contributed by atoms with Crippen LogP contribution in [0.4, 0.5) is 5.69 Å². The van der Waals surface area contributed by atoms with Crippen LogP contribution in [-0.2, 0) is 16.6 Å². The van der Waals surface area contributed by atoms with Crippen LogP contribution in [0.1, 0.15) is 47.5 Å². The van der Waals surface area contributed by atoms with Crippen molar-refractivity contribution in [3.63, 3.8) is 0 Å². The summed E-state index contributed by atoms with van der Waals surface area (Å²) in [4.78, 5) is 20.2. The van der Waals surface area contributed by atoms with E-state index in [0.717, 1.165) is 66.1 Å². The van der Waals surface area contributed by atoms with Gasteiger partial charge < -0.3 is 10.2 Å². The molecule has 2 aromatic carbocycles. The summed E-state index contributed by atoms with van der Waals surface area (Å²) >= 11 is 1.55. The second-order valence-corrected chi connectivity index (χ2v) is 11.6. The van der Waals surface area contributed by atoms with E-state index >= 15 is 0 Å². The number of hydrogen-bond acceptors (Lipinski definition) is 6. The molecule has 2 aliphatic rings. The second kappa shape index (κ2) is 9.40. The van der Waals surface area contributed by atoms with Gasteiger partial charge in [0.15, 0.2) is 0 Å². The van der Waals surface area contributed by atoms with E-state index in [1.807, 2.05) is 24.3 Å². The fraction of sp³-hybridized carbons (Fsp3) is 0.417. The summed E-state index contributed by atoms with van der Waals surface area (Å²) in [6.07, 6.45) is 4.95. The predicted molar refractivity (Wildman–Crippen MR) is 131 cm³/mol. The maximum atomic E-state index is 13.3. The molecule has 1 aromatic heterocycles. The molecule has 3 aromatic rings. The molecule has 7 nitrogen and oxygen atoms in total. The number of sulfonamides is 1. The number of piperidine rings is 1. The third kappa shape index (κ3) is 4.62. The topological polar surface area (TPSA) is 82.6 Å². The predicted octanol–water partition coefficient (Wildman–Crippen LogP) is 4.00. The van der Waals surface area contributed by atoms with Crippen molar-refractivity contribution < 1.29 is 13.2 Å². The van der Waals surface area contributed by atoms with E-state index < -0.39 is 10.0 Å². The van der Waals surface area contributed by atoms with E-state index in [-0.39, 0.29) is 10.8 Å². The molecule has 1 amide bonds. The summed E-state index contributed by atoms with van der Waals surface area (Å²) in [5, 5.41) is 3.80. The Morgan fingerprint density at radius 3 is 2.45 bits per heavy atom. The summed E-state index contributed by atoms with van der Waals surface area (Å²) in [5.74, 6) is -0.271. The number of anilines is 1. The van der Waals surface area contributed by atoms with Gasteiger partial charge in [-0.25, -0.2) is 13.4 Å². The van der Waals surface area contributed by atoms with Crippen molar-refractivity contribution in [3.05, 3.63) is 53.0 Å². The van der Waals surface area contributed by atoms with E-state index in [2.05, 4.69) is 15.2 Å². The van der Waals surface area contributed by atoms with Gasteiger partial charge in [-0.1, -0.05) is 18.6 Å². The number of fused-ring (bicyclic) bond motifs is 1. The van der Waals surface area contributed by atoms with Gasteiger partial charge in [0.05, 0.1) is 27.2 Å². The Bertz CT molecular complexity index is 1230. The van der Waals surface area contributed by atoms with Crippen LogP contribution in [0.2, 0.25) is 0 Å². The SMILES string of the molecule is O=C(NCc1nc2ccccc2s1)c1cc(S(=O)(=O)N2CCCCC2)ccc1N1CCCC1. The Morgan fingerprint density at radius 2 is 1.70 bits per heavy atom. The van der Waals surface area contributed by atoms with Gasteiger partial charge in [0, 0.05) is 31.9 Å². The molecule has 9 heteroatoms. The number of nitrogens with zero attached hydrogens (tertiary/aromatic N) is 3. The molecule has 1 N–H and O–H groups in total. The monoisotopic (exact) mass is 484 g/mol. The lowest BCUT2D eigenvalue weighted by Crippen LogP contribution is -2.36. The number of aromatic nitrogens is 1. The smallest absolute Gasteiger partial charge is 0.253 e. The highest BCUT2D eigenvalue weighted by molar-refractivity contribution is 7.89. The minimum Gasteiger partial charge on any atom is -0.371 e. The zero-order valence-corrected chi connectivity index (χ0v) is 20.1. The maximum Gasteiger partial charge on any atom is 0.253 e. The Balaban J connectivity index is 1.42. The number of carbonyl (C=O) groups excluding carboxylic acids is 1. The van der Waals surface area contributed by atoms with Gasteiger partial charge in [0.1, 0.15) is 5.01 Å². The summed E-state index contributed by atoms with van der Waals surface area (Å²) in [5.41, 5.74) is 2.13. The lowest BCUT2D eigenvalue weighted by atomic mass is 10.1. The first-order valence-corrected chi connectivity index (χ1v) is 13.8. The first-order chi connectivity index (χ1) is 16.0. The number of rotatable bonds is 6. The van der Waals surface area contributed by atoms with Gasteiger partial charge in [-0.2, -0.15) is 4.31 Å². The molecule has 0 spiro atoms. The first kappa shape index (κ1) is 22.3. The lowest BCUT2D eigenvalue weighted by molar-refractivity contribution is 0.0951. The summed E-state index contributed by atoms with van der Waals surface area (Å²) in [6.45, 7) is 3.12. The molecule has 33 heavy (non-hydrogen) atoms. The van der Waals surface area contributed by atoms with Gasteiger partial charge in [-0.15, -0.1) is 11.3 Å². The van der Waals surface area contributed by atoms with Crippen molar-refractivity contribution in [2.75, 3.05) is 31.1 Å². The minimum absolute atomic E-state index is 0.192. The Kier molecular flexibility index (Phi) is 6.36. The molecule has 0 bridgehead atoms. The average Bonchev–Trinajstić information content (AvgIpc) is 3.52. The zero-order chi connectivity index (χ0) is 22.8. The second-order valence-electron chi connectivity index (χ2n) is 8.60. The van der Waals surface area contributed by atoms with Gasteiger partial charge in [0.2, 0.25) is 10.0 Å². The van der Waals surface area contributed by atoms with Crippen LogP contribution in [0, 0.1) is 0 Å². The molecule has 2 aliphatic heterocycles. The lowest BCUT2D eigenvalue weighted by Gasteiger charge is -2.27. The number of hydrogen-bond donors (Lipinski definition) is 1. The van der Waals surface area contributed by atoms with Crippen molar-refractivity contribution in [2.24, 2.45) is 0 Å². The van der Waals surface area contributed by atoms with E-state index in [1.165, 1.54) is 0 Å². The quantitative estimate of drug-likeness (QED) is 0.572. The molecule has 0 radical (unpaired) electrons. The molecular weight excluding hydrogens is 456 g/mol. The number of thiazole rings is 1. The summed E-state index contributed by atoms with van der Waals surface area (Å²) in [7, 11) is -3.62. The molecule has 5 rings (SSSR count). The molecule has 0 saturated carbocycles. The minimum atomic E-state index is -3.62. The fourth-order valence-electron chi connectivity index (χ4n) is 4.59. The molecule has 174 valence electrons. The van der Waals surface area contributed by atoms with E-state index in [0.29, 0.717) is 25.2 Å². The normalized spacial score (nSPS) is 17.5. The summed E-state index contributed by atoms with van der Waals surface area (Å²) in [6, 6.07) is 12.9. The van der Waals surface area contributed by atoms with Crippen LogP contribution < -0.4 is 10.2 Å². The van der Waals surface area contributed by atoms with Crippen LogP contribution >= 0.6 is 11.3 Å². The molecule has 2 saturated heterocycles. The molecular formula is C24H28N4O3S2. The largest absolute Gasteiger partial charge is 0.371 e. The fourth-order valence-corrected chi connectivity index (χ4v) is 7.04. The number of nitrogens with one attached hydrogen (secondary N) is 1. The maximum absolute atomic E-state index is 13.3. The van der Waals surface area contributed by atoms with E-state index in [9.17, 15) is 13.2 Å². The van der Waals surface area contributed by atoms with Gasteiger partial charge >= 0.3 is 0 Å². The molecule has 3 heterocycles.